The number of aryl methyl sites for hydroxylation is 1. The first kappa shape index (κ1) is 17.8. The van der Waals surface area contributed by atoms with Crippen molar-refractivity contribution in [3.05, 3.63) is 54.3 Å². The number of methoxy groups -OCH3 is 2. The summed E-state index contributed by atoms with van der Waals surface area (Å²) in [6.07, 6.45) is 4.08. The second kappa shape index (κ2) is 7.94. The molecule has 1 N–H and O–H groups in total. The van der Waals surface area contributed by atoms with E-state index in [0.717, 1.165) is 11.1 Å². The highest BCUT2D eigenvalue weighted by atomic mass is 16.7. The fourth-order valence-corrected chi connectivity index (χ4v) is 2.52. The van der Waals surface area contributed by atoms with Crippen molar-refractivity contribution >= 4 is 11.6 Å². The van der Waals surface area contributed by atoms with Crippen LogP contribution in [0.3, 0.4) is 0 Å². The van der Waals surface area contributed by atoms with E-state index < -0.39 is 6.29 Å². The molecule has 3 rings (SSSR count). The van der Waals surface area contributed by atoms with Crippen molar-refractivity contribution in [3.63, 3.8) is 0 Å². The number of aromatic nitrogens is 3. The zero-order valence-electron chi connectivity index (χ0n) is 14.8. The van der Waals surface area contributed by atoms with Crippen LogP contribution < -0.4 is 5.32 Å². The van der Waals surface area contributed by atoms with Gasteiger partial charge < -0.3 is 19.2 Å². The number of hydrogen-bond donors (Lipinski definition) is 1. The summed E-state index contributed by atoms with van der Waals surface area (Å²) in [6.45, 7) is 2.38. The van der Waals surface area contributed by atoms with Gasteiger partial charge in [0.15, 0.2) is 24.1 Å². The largest absolute Gasteiger partial charge is 0.443 e. The maximum absolute atomic E-state index is 12.6. The normalized spacial score (nSPS) is 11.1. The maximum Gasteiger partial charge on any atom is 0.278 e. The van der Waals surface area contributed by atoms with Gasteiger partial charge in [-0.25, -0.2) is 4.98 Å². The number of oxazole rings is 1. The molecule has 0 aliphatic rings. The van der Waals surface area contributed by atoms with Crippen molar-refractivity contribution in [1.29, 1.82) is 0 Å². The molecule has 0 aliphatic heterocycles. The average Bonchev–Trinajstić information content (AvgIpc) is 3.29. The Morgan fingerprint density at radius 1 is 1.35 bits per heavy atom. The van der Waals surface area contributed by atoms with Gasteiger partial charge in [0.25, 0.3) is 5.91 Å². The number of carbonyl (C=O) groups excluding carboxylic acids is 1. The van der Waals surface area contributed by atoms with Crippen LogP contribution in [0.4, 0.5) is 5.69 Å². The van der Waals surface area contributed by atoms with Crippen molar-refractivity contribution in [2.45, 2.75) is 19.8 Å². The number of hydrogen-bond acceptors (Lipinski definition) is 6. The molecule has 0 saturated carbocycles. The number of rotatable bonds is 7. The van der Waals surface area contributed by atoms with Gasteiger partial charge in [-0.1, -0.05) is 23.8 Å². The molecule has 0 fully saturated rings. The molecule has 8 heteroatoms. The van der Waals surface area contributed by atoms with E-state index in [9.17, 15) is 4.79 Å². The molecule has 1 aromatic carbocycles. The van der Waals surface area contributed by atoms with Crippen LogP contribution in [0.25, 0.3) is 11.3 Å². The molecule has 8 nitrogen and oxygen atoms in total. The lowest BCUT2D eigenvalue weighted by atomic mass is 10.1. The van der Waals surface area contributed by atoms with Crippen molar-refractivity contribution in [3.8, 4) is 11.3 Å². The van der Waals surface area contributed by atoms with E-state index in [0.29, 0.717) is 18.0 Å². The molecule has 0 aliphatic carbocycles. The number of benzene rings is 1. The van der Waals surface area contributed by atoms with Crippen molar-refractivity contribution < 1.29 is 18.7 Å². The van der Waals surface area contributed by atoms with Crippen LogP contribution in [0.5, 0.6) is 0 Å². The van der Waals surface area contributed by atoms with Gasteiger partial charge in [-0.15, -0.1) is 0 Å². The number of anilines is 1. The predicted molar refractivity (Wildman–Crippen MR) is 94.7 cm³/mol. The van der Waals surface area contributed by atoms with Crippen molar-refractivity contribution in [1.82, 2.24) is 14.8 Å². The molecule has 0 saturated heterocycles. The molecule has 1 amide bonds. The van der Waals surface area contributed by atoms with Crippen LogP contribution >= 0.6 is 0 Å². The molecule has 0 radical (unpaired) electrons. The van der Waals surface area contributed by atoms with Gasteiger partial charge in [0.2, 0.25) is 0 Å². The zero-order valence-corrected chi connectivity index (χ0v) is 14.8. The van der Waals surface area contributed by atoms with Crippen LogP contribution in [0.1, 0.15) is 16.1 Å². The summed E-state index contributed by atoms with van der Waals surface area (Å²) in [5.41, 5.74) is 2.62. The Morgan fingerprint density at radius 3 is 2.88 bits per heavy atom. The first-order valence-corrected chi connectivity index (χ1v) is 8.00. The molecule has 2 aromatic heterocycles. The fraction of sp³-hybridized carbons (Fsp3) is 0.278. The monoisotopic (exact) mass is 356 g/mol. The average molecular weight is 356 g/mol. The Labute approximate surface area is 150 Å². The van der Waals surface area contributed by atoms with Crippen LogP contribution in [-0.4, -0.2) is 41.2 Å². The van der Waals surface area contributed by atoms with Crippen LogP contribution in [0, 0.1) is 6.92 Å². The topological polar surface area (TPSA) is 91.4 Å². The molecule has 0 spiro atoms. The summed E-state index contributed by atoms with van der Waals surface area (Å²) in [5, 5.41) is 6.95. The van der Waals surface area contributed by atoms with E-state index in [2.05, 4.69) is 15.4 Å². The molecule has 136 valence electrons. The zero-order chi connectivity index (χ0) is 18.5. The van der Waals surface area contributed by atoms with E-state index in [1.165, 1.54) is 6.39 Å². The molecule has 26 heavy (non-hydrogen) atoms. The molecule has 2 heterocycles. The first-order chi connectivity index (χ1) is 12.6. The lowest BCUT2D eigenvalue weighted by Crippen LogP contribution is -2.20. The summed E-state index contributed by atoms with van der Waals surface area (Å²) in [5.74, 6) is 0.0576. The minimum Gasteiger partial charge on any atom is -0.443 e. The second-order valence-electron chi connectivity index (χ2n) is 5.71. The highest BCUT2D eigenvalue weighted by Crippen LogP contribution is 2.24. The smallest absolute Gasteiger partial charge is 0.278 e. The van der Waals surface area contributed by atoms with E-state index in [1.807, 2.05) is 31.2 Å². The molecule has 3 aromatic rings. The third kappa shape index (κ3) is 3.98. The van der Waals surface area contributed by atoms with E-state index in [4.69, 9.17) is 13.9 Å². The van der Waals surface area contributed by atoms with Gasteiger partial charge in [0.1, 0.15) is 0 Å². The summed E-state index contributed by atoms with van der Waals surface area (Å²) < 4.78 is 17.3. The van der Waals surface area contributed by atoms with Crippen LogP contribution in [0.2, 0.25) is 0 Å². The Bertz CT molecular complexity index is 883. The van der Waals surface area contributed by atoms with Gasteiger partial charge in [-0.05, 0) is 13.0 Å². The molecular weight excluding hydrogens is 336 g/mol. The Hall–Kier alpha value is -2.97. The summed E-state index contributed by atoms with van der Waals surface area (Å²) >= 11 is 0. The summed E-state index contributed by atoms with van der Waals surface area (Å²) in [7, 11) is 3.11. The van der Waals surface area contributed by atoms with E-state index in [-0.39, 0.29) is 11.6 Å². The predicted octanol–water partition coefficient (Wildman–Crippen LogP) is 2.72. The highest BCUT2D eigenvalue weighted by molar-refractivity contribution is 6.06. The first-order valence-electron chi connectivity index (χ1n) is 8.00. The van der Waals surface area contributed by atoms with Crippen molar-refractivity contribution in [2.75, 3.05) is 19.5 Å². The van der Waals surface area contributed by atoms with Gasteiger partial charge in [-0.2, -0.15) is 5.10 Å². The molecule has 0 atom stereocenters. The van der Waals surface area contributed by atoms with E-state index in [1.54, 1.807) is 31.3 Å². The quantitative estimate of drug-likeness (QED) is 0.655. The minimum absolute atomic E-state index is 0.218. The van der Waals surface area contributed by atoms with Crippen LogP contribution in [0.15, 0.2) is 47.5 Å². The number of carbonyl (C=O) groups is 1. The number of amides is 1. The highest BCUT2D eigenvalue weighted by Gasteiger charge is 2.19. The summed E-state index contributed by atoms with van der Waals surface area (Å²) in [6, 6.07) is 7.69. The maximum atomic E-state index is 12.6. The SMILES string of the molecule is COC(Cn1cc(NC(=O)c2ncoc2-c2cccc(C)c2)cn1)OC. The minimum atomic E-state index is -0.415. The lowest BCUT2D eigenvalue weighted by molar-refractivity contribution is -0.112. The molecular formula is C18H20N4O4. The standard InChI is InChI=1S/C18H20N4O4/c1-12-5-4-6-13(7-12)17-16(19-11-26-17)18(23)21-14-8-20-22(9-14)10-15(24-2)25-3/h4-9,11,15H,10H2,1-3H3,(H,21,23). The van der Waals surface area contributed by atoms with Gasteiger partial charge in [0.05, 0.1) is 18.4 Å². The molecule has 0 bridgehead atoms. The van der Waals surface area contributed by atoms with Gasteiger partial charge in [0, 0.05) is 26.0 Å². The van der Waals surface area contributed by atoms with E-state index >= 15 is 0 Å². The molecule has 0 unspecified atom stereocenters. The van der Waals surface area contributed by atoms with Crippen LogP contribution in [-0.2, 0) is 16.0 Å². The fourth-order valence-electron chi connectivity index (χ4n) is 2.52. The van der Waals surface area contributed by atoms with Gasteiger partial charge in [-0.3, -0.25) is 9.48 Å². The third-order valence-electron chi connectivity index (χ3n) is 3.82. The Kier molecular flexibility index (Phi) is 5.45. The number of nitrogens with one attached hydrogen (secondary N) is 1. The lowest BCUT2D eigenvalue weighted by Gasteiger charge is -2.12. The number of ether oxygens (including phenoxy) is 2. The Morgan fingerprint density at radius 2 is 2.15 bits per heavy atom. The Balaban J connectivity index is 1.74. The number of nitrogens with zero attached hydrogens (tertiary/aromatic N) is 3. The second-order valence-corrected chi connectivity index (χ2v) is 5.71. The summed E-state index contributed by atoms with van der Waals surface area (Å²) in [4.78, 5) is 16.6. The van der Waals surface area contributed by atoms with Crippen molar-refractivity contribution in [2.24, 2.45) is 0 Å². The van der Waals surface area contributed by atoms with Gasteiger partial charge >= 0.3 is 0 Å². The third-order valence-corrected chi connectivity index (χ3v) is 3.82.